The van der Waals surface area contributed by atoms with Crippen molar-refractivity contribution in [2.24, 2.45) is 12.8 Å². The van der Waals surface area contributed by atoms with Crippen molar-refractivity contribution < 1.29 is 0 Å². The van der Waals surface area contributed by atoms with E-state index < -0.39 is 0 Å². The number of nitrogens with two attached hydrogens (primary N) is 1. The van der Waals surface area contributed by atoms with Gasteiger partial charge in [0, 0.05) is 13.6 Å². The molecule has 0 radical (unpaired) electrons. The quantitative estimate of drug-likeness (QED) is 0.791. The van der Waals surface area contributed by atoms with Crippen LogP contribution in [0.2, 0.25) is 0 Å². The lowest BCUT2D eigenvalue weighted by Gasteiger charge is -2.00. The lowest BCUT2D eigenvalue weighted by Crippen LogP contribution is -2.04. The molecule has 18 heavy (non-hydrogen) atoms. The Hall–Kier alpha value is -1.33. The normalized spacial score (nSPS) is 11.8. The van der Waals surface area contributed by atoms with Gasteiger partial charge in [0.05, 0.1) is 16.7 Å². The van der Waals surface area contributed by atoms with Gasteiger partial charge in [0.15, 0.2) is 0 Å². The standard InChI is InChI=1S/C13H15BrN4/c1-3-8-5-4-6-9-11(8)16-13-17(2)10(7-15)12(14)18(9)13/h4-6H,3,7,15H2,1-2H3. The SMILES string of the molecule is CCc1cccc2c1nc1n(C)c(CN)c(Br)n21. The molecule has 4 nitrogen and oxygen atoms in total. The van der Waals surface area contributed by atoms with Crippen molar-refractivity contribution in [1.29, 1.82) is 0 Å². The molecule has 2 aromatic heterocycles. The van der Waals surface area contributed by atoms with Crippen LogP contribution in [-0.4, -0.2) is 14.0 Å². The molecule has 0 aliphatic carbocycles. The molecule has 0 spiro atoms. The van der Waals surface area contributed by atoms with E-state index in [0.29, 0.717) is 6.54 Å². The summed E-state index contributed by atoms with van der Waals surface area (Å²) in [6.07, 6.45) is 0.989. The summed E-state index contributed by atoms with van der Waals surface area (Å²) in [5.74, 6) is 0.929. The summed E-state index contributed by atoms with van der Waals surface area (Å²) in [5.41, 5.74) is 10.3. The Kier molecular flexibility index (Phi) is 2.68. The van der Waals surface area contributed by atoms with E-state index in [0.717, 1.165) is 33.5 Å². The lowest BCUT2D eigenvalue weighted by atomic mass is 10.1. The smallest absolute Gasteiger partial charge is 0.215 e. The van der Waals surface area contributed by atoms with Crippen LogP contribution in [0.1, 0.15) is 18.2 Å². The van der Waals surface area contributed by atoms with Crippen molar-refractivity contribution in [3.05, 3.63) is 34.1 Å². The third-order valence-corrected chi connectivity index (χ3v) is 4.28. The first-order valence-corrected chi connectivity index (χ1v) is 6.81. The number of nitrogens with zero attached hydrogens (tertiary/aromatic N) is 3. The van der Waals surface area contributed by atoms with Crippen LogP contribution in [0.5, 0.6) is 0 Å². The summed E-state index contributed by atoms with van der Waals surface area (Å²) < 4.78 is 5.17. The monoisotopic (exact) mass is 306 g/mol. The number of imidazole rings is 2. The maximum absolute atomic E-state index is 5.78. The summed E-state index contributed by atoms with van der Waals surface area (Å²) in [6.45, 7) is 2.65. The lowest BCUT2D eigenvalue weighted by molar-refractivity contribution is 0.836. The minimum Gasteiger partial charge on any atom is -0.325 e. The van der Waals surface area contributed by atoms with Gasteiger partial charge in [0.1, 0.15) is 4.60 Å². The summed E-state index contributed by atoms with van der Waals surface area (Å²) in [6, 6.07) is 6.31. The Morgan fingerprint density at radius 3 is 2.83 bits per heavy atom. The molecule has 0 unspecified atom stereocenters. The summed E-state index contributed by atoms with van der Waals surface area (Å²) in [7, 11) is 2.00. The van der Waals surface area contributed by atoms with Crippen molar-refractivity contribution in [3.8, 4) is 0 Å². The molecular weight excluding hydrogens is 292 g/mol. The van der Waals surface area contributed by atoms with Crippen LogP contribution in [0.4, 0.5) is 0 Å². The van der Waals surface area contributed by atoms with E-state index in [1.165, 1.54) is 5.56 Å². The second-order valence-corrected chi connectivity index (χ2v) is 5.14. The average Bonchev–Trinajstić information content (AvgIpc) is 2.87. The number of halogens is 1. The van der Waals surface area contributed by atoms with Crippen LogP contribution in [0, 0.1) is 0 Å². The second kappa shape index (κ2) is 4.10. The van der Waals surface area contributed by atoms with Crippen LogP contribution in [0.3, 0.4) is 0 Å². The van der Waals surface area contributed by atoms with Gasteiger partial charge in [0.25, 0.3) is 0 Å². The molecule has 0 amide bonds. The van der Waals surface area contributed by atoms with Gasteiger partial charge in [-0.05, 0) is 34.0 Å². The Labute approximate surface area is 114 Å². The highest BCUT2D eigenvalue weighted by Crippen LogP contribution is 2.28. The van der Waals surface area contributed by atoms with Crippen molar-refractivity contribution >= 4 is 32.7 Å². The van der Waals surface area contributed by atoms with E-state index >= 15 is 0 Å². The first-order valence-electron chi connectivity index (χ1n) is 6.02. The maximum Gasteiger partial charge on any atom is 0.215 e. The van der Waals surface area contributed by atoms with Gasteiger partial charge in [-0.15, -0.1) is 0 Å². The van der Waals surface area contributed by atoms with Crippen molar-refractivity contribution in [1.82, 2.24) is 14.0 Å². The molecule has 0 saturated heterocycles. The third-order valence-electron chi connectivity index (χ3n) is 3.46. The Morgan fingerprint density at radius 2 is 2.17 bits per heavy atom. The molecule has 3 aromatic rings. The van der Waals surface area contributed by atoms with Gasteiger partial charge < -0.3 is 10.3 Å². The molecular formula is C13H15BrN4. The van der Waals surface area contributed by atoms with E-state index in [4.69, 9.17) is 10.7 Å². The maximum atomic E-state index is 5.78. The van der Waals surface area contributed by atoms with E-state index in [1.54, 1.807) is 0 Å². The molecule has 0 bridgehead atoms. The number of aryl methyl sites for hydroxylation is 2. The zero-order valence-electron chi connectivity index (χ0n) is 10.4. The first kappa shape index (κ1) is 11.7. The minimum absolute atomic E-state index is 0.495. The molecule has 2 N–H and O–H groups in total. The molecule has 2 heterocycles. The summed E-state index contributed by atoms with van der Waals surface area (Å²) >= 11 is 3.63. The van der Waals surface area contributed by atoms with Crippen LogP contribution < -0.4 is 5.73 Å². The van der Waals surface area contributed by atoms with Crippen molar-refractivity contribution in [2.75, 3.05) is 0 Å². The molecule has 5 heteroatoms. The van der Waals surface area contributed by atoms with Crippen LogP contribution >= 0.6 is 15.9 Å². The number of para-hydroxylation sites is 1. The fourth-order valence-corrected chi connectivity index (χ4v) is 3.24. The van der Waals surface area contributed by atoms with Gasteiger partial charge in [0.2, 0.25) is 5.78 Å². The molecule has 0 aliphatic heterocycles. The van der Waals surface area contributed by atoms with Crippen molar-refractivity contribution in [3.63, 3.8) is 0 Å². The van der Waals surface area contributed by atoms with Crippen LogP contribution in [0.25, 0.3) is 16.8 Å². The fourth-order valence-electron chi connectivity index (χ4n) is 2.46. The molecule has 0 saturated carbocycles. The molecule has 1 aromatic carbocycles. The van der Waals surface area contributed by atoms with E-state index in [2.05, 4.69) is 45.5 Å². The van der Waals surface area contributed by atoms with Gasteiger partial charge in [-0.2, -0.15) is 0 Å². The minimum atomic E-state index is 0.495. The van der Waals surface area contributed by atoms with Crippen molar-refractivity contribution in [2.45, 2.75) is 19.9 Å². The van der Waals surface area contributed by atoms with Gasteiger partial charge in [-0.25, -0.2) is 4.98 Å². The van der Waals surface area contributed by atoms with Gasteiger partial charge in [-0.1, -0.05) is 19.1 Å². The molecule has 0 aliphatic rings. The Morgan fingerprint density at radius 1 is 1.39 bits per heavy atom. The highest BCUT2D eigenvalue weighted by molar-refractivity contribution is 9.10. The van der Waals surface area contributed by atoms with Crippen LogP contribution in [0.15, 0.2) is 22.8 Å². The third kappa shape index (κ3) is 1.37. The Bertz CT molecular complexity index is 738. The van der Waals surface area contributed by atoms with Gasteiger partial charge in [-0.3, -0.25) is 4.40 Å². The number of aromatic nitrogens is 3. The highest BCUT2D eigenvalue weighted by Gasteiger charge is 2.17. The molecule has 0 atom stereocenters. The van der Waals surface area contributed by atoms with Crippen LogP contribution in [-0.2, 0) is 20.0 Å². The highest BCUT2D eigenvalue weighted by atomic mass is 79.9. The molecule has 3 rings (SSSR count). The topological polar surface area (TPSA) is 48.2 Å². The zero-order chi connectivity index (χ0) is 12.9. The van der Waals surface area contributed by atoms with Gasteiger partial charge >= 0.3 is 0 Å². The number of hydrogen-bond donors (Lipinski definition) is 1. The largest absolute Gasteiger partial charge is 0.325 e. The number of fused-ring (bicyclic) bond motifs is 3. The number of rotatable bonds is 2. The first-order chi connectivity index (χ1) is 8.69. The summed E-state index contributed by atoms with van der Waals surface area (Å²) in [4.78, 5) is 4.76. The number of benzene rings is 1. The summed E-state index contributed by atoms with van der Waals surface area (Å²) in [5, 5.41) is 0. The average molecular weight is 307 g/mol. The predicted octanol–water partition coefficient (Wildman–Crippen LogP) is 2.61. The zero-order valence-corrected chi connectivity index (χ0v) is 12.0. The number of hydrogen-bond acceptors (Lipinski definition) is 2. The van der Waals surface area contributed by atoms with E-state index in [9.17, 15) is 0 Å². The predicted molar refractivity (Wildman–Crippen MR) is 76.6 cm³/mol. The molecule has 0 fully saturated rings. The van der Waals surface area contributed by atoms with E-state index in [1.807, 2.05) is 11.6 Å². The second-order valence-electron chi connectivity index (χ2n) is 4.39. The van der Waals surface area contributed by atoms with E-state index in [-0.39, 0.29) is 0 Å². The fraction of sp³-hybridized carbons (Fsp3) is 0.308. The Balaban J connectivity index is 2.51. The molecule has 94 valence electrons.